The highest BCUT2D eigenvalue weighted by Gasteiger charge is 2.22. The lowest BCUT2D eigenvalue weighted by atomic mass is 10.1. The normalized spacial score (nSPS) is 10.9. The average molecular weight is 479 g/mol. The molecule has 4 N–H and O–H groups in total. The largest absolute Gasteiger partial charge is 0.445 e. The first-order chi connectivity index (χ1) is 14.7. The Kier molecular flexibility index (Phi) is 12.1. The van der Waals surface area contributed by atoms with Crippen molar-refractivity contribution >= 4 is 53.4 Å². The Labute approximate surface area is 199 Å². The van der Waals surface area contributed by atoms with Crippen molar-refractivity contribution in [2.75, 3.05) is 11.9 Å². The number of amides is 2. The second kappa shape index (κ2) is 14.2. The summed E-state index contributed by atoms with van der Waals surface area (Å²) in [6, 6.07) is 18.0. The van der Waals surface area contributed by atoms with Crippen molar-refractivity contribution < 1.29 is 14.3 Å². The van der Waals surface area contributed by atoms with Crippen LogP contribution in [0.1, 0.15) is 24.8 Å². The Morgan fingerprint density at radius 3 is 2.47 bits per heavy atom. The van der Waals surface area contributed by atoms with Crippen molar-refractivity contribution in [2.45, 2.75) is 31.9 Å². The van der Waals surface area contributed by atoms with Gasteiger partial charge in [0.2, 0.25) is 5.91 Å². The molecule has 0 bridgehead atoms. The number of carbonyl (C=O) groups excluding carboxylic acids is 2. The van der Waals surface area contributed by atoms with E-state index in [0.717, 1.165) is 17.4 Å². The van der Waals surface area contributed by atoms with E-state index in [-0.39, 0.29) is 37.3 Å². The molecule has 3 aromatic rings. The molecule has 0 aliphatic rings. The maximum atomic E-state index is 12.9. The number of rotatable bonds is 9. The smallest absolute Gasteiger partial charge is 0.408 e. The van der Waals surface area contributed by atoms with E-state index < -0.39 is 12.1 Å². The lowest BCUT2D eigenvalue weighted by Crippen LogP contribution is -2.44. The molecule has 3 rings (SSSR count). The molecule has 2 aromatic carbocycles. The minimum atomic E-state index is -0.737. The summed E-state index contributed by atoms with van der Waals surface area (Å²) in [6.07, 6.45) is 2.97. The van der Waals surface area contributed by atoms with E-state index in [2.05, 4.69) is 15.6 Å². The molecule has 0 radical (unpaired) electrons. The molecular formula is C23H28Cl2N4O3. The van der Waals surface area contributed by atoms with Gasteiger partial charge in [0.15, 0.2) is 0 Å². The molecule has 1 atom stereocenters. The van der Waals surface area contributed by atoms with E-state index in [0.29, 0.717) is 30.6 Å². The maximum absolute atomic E-state index is 12.9. The van der Waals surface area contributed by atoms with Crippen LogP contribution in [-0.2, 0) is 16.1 Å². The summed E-state index contributed by atoms with van der Waals surface area (Å²) in [4.78, 5) is 29.5. The number of benzene rings is 2. The number of pyridine rings is 1. The van der Waals surface area contributed by atoms with E-state index in [1.54, 1.807) is 12.3 Å². The average Bonchev–Trinajstić information content (AvgIpc) is 2.78. The van der Waals surface area contributed by atoms with Crippen molar-refractivity contribution in [3.05, 3.63) is 72.4 Å². The quantitative estimate of drug-likeness (QED) is 0.394. The third kappa shape index (κ3) is 8.00. The van der Waals surface area contributed by atoms with Crippen LogP contribution in [0.5, 0.6) is 0 Å². The summed E-state index contributed by atoms with van der Waals surface area (Å²) in [6.45, 7) is 0.664. The van der Waals surface area contributed by atoms with Crippen LogP contribution in [0, 0.1) is 0 Å². The molecule has 1 aromatic heterocycles. The minimum Gasteiger partial charge on any atom is -0.445 e. The van der Waals surface area contributed by atoms with Gasteiger partial charge in [0.1, 0.15) is 12.6 Å². The highest BCUT2D eigenvalue weighted by molar-refractivity contribution is 6.03. The SMILES string of the molecule is Cl.Cl.NCCCC[C@H](NC(=O)OCc1ccccc1)C(=O)Nc1cccc2cccnc12. The molecule has 0 spiro atoms. The molecule has 1 heterocycles. The molecule has 7 nitrogen and oxygen atoms in total. The summed E-state index contributed by atoms with van der Waals surface area (Å²) < 4.78 is 5.27. The Bertz CT molecular complexity index is 984. The van der Waals surface area contributed by atoms with Crippen molar-refractivity contribution in [1.82, 2.24) is 10.3 Å². The number of alkyl carbamates (subject to hydrolysis) is 1. The summed E-state index contributed by atoms with van der Waals surface area (Å²) in [5.74, 6) is -0.318. The molecule has 172 valence electrons. The zero-order valence-corrected chi connectivity index (χ0v) is 19.2. The van der Waals surface area contributed by atoms with Crippen molar-refractivity contribution in [1.29, 1.82) is 0 Å². The Morgan fingerprint density at radius 2 is 1.72 bits per heavy atom. The zero-order valence-electron chi connectivity index (χ0n) is 17.5. The van der Waals surface area contributed by atoms with E-state index in [4.69, 9.17) is 10.5 Å². The van der Waals surface area contributed by atoms with Gasteiger partial charge in [-0.1, -0.05) is 48.5 Å². The van der Waals surface area contributed by atoms with Gasteiger partial charge < -0.3 is 21.1 Å². The molecule has 9 heteroatoms. The molecular weight excluding hydrogens is 451 g/mol. The first-order valence-electron chi connectivity index (χ1n) is 9.99. The zero-order chi connectivity index (χ0) is 21.2. The topological polar surface area (TPSA) is 106 Å². The predicted molar refractivity (Wildman–Crippen MR) is 131 cm³/mol. The number of anilines is 1. The maximum Gasteiger partial charge on any atom is 0.408 e. The third-order valence-corrected chi connectivity index (χ3v) is 4.66. The number of nitrogens with one attached hydrogen (secondary N) is 2. The number of hydrogen-bond donors (Lipinski definition) is 3. The van der Waals surface area contributed by atoms with Gasteiger partial charge in [-0.15, -0.1) is 24.8 Å². The first kappa shape index (κ1) is 27.2. The van der Waals surface area contributed by atoms with Gasteiger partial charge in [0.25, 0.3) is 0 Å². The number of halogens is 2. The lowest BCUT2D eigenvalue weighted by Gasteiger charge is -2.19. The summed E-state index contributed by atoms with van der Waals surface area (Å²) in [5, 5.41) is 6.49. The number of nitrogens with zero attached hydrogens (tertiary/aromatic N) is 1. The predicted octanol–water partition coefficient (Wildman–Crippen LogP) is 4.44. The number of ether oxygens (including phenoxy) is 1. The van der Waals surface area contributed by atoms with Crippen LogP contribution in [0.2, 0.25) is 0 Å². The third-order valence-electron chi connectivity index (χ3n) is 4.66. The van der Waals surface area contributed by atoms with Crippen LogP contribution >= 0.6 is 24.8 Å². The fourth-order valence-electron chi connectivity index (χ4n) is 3.09. The van der Waals surface area contributed by atoms with Gasteiger partial charge in [0, 0.05) is 11.6 Å². The molecule has 0 fully saturated rings. The van der Waals surface area contributed by atoms with Gasteiger partial charge >= 0.3 is 6.09 Å². The standard InChI is InChI=1S/C23H26N4O3.2ClH/c24-14-5-4-12-20(27-23(29)30-16-17-8-2-1-3-9-17)22(28)26-19-13-6-10-18-11-7-15-25-21(18)19;;/h1-3,6-11,13,15,20H,4-5,12,14,16,24H2,(H,26,28)(H,27,29);2*1H/t20-;;/m0../s1. The van der Waals surface area contributed by atoms with Crippen LogP contribution in [0.25, 0.3) is 10.9 Å². The number of fused-ring (bicyclic) bond motifs is 1. The number of unbranched alkanes of at least 4 members (excludes halogenated alkanes) is 1. The van der Waals surface area contributed by atoms with Gasteiger partial charge in [-0.05, 0) is 43.5 Å². The molecule has 0 saturated heterocycles. The first-order valence-corrected chi connectivity index (χ1v) is 9.99. The number of carbonyl (C=O) groups is 2. The van der Waals surface area contributed by atoms with Crippen molar-refractivity contribution in [2.24, 2.45) is 5.73 Å². The highest BCUT2D eigenvalue weighted by atomic mass is 35.5. The Morgan fingerprint density at radius 1 is 0.969 bits per heavy atom. The number of hydrogen-bond acceptors (Lipinski definition) is 5. The Hall–Kier alpha value is -2.87. The van der Waals surface area contributed by atoms with E-state index >= 15 is 0 Å². The molecule has 2 amide bonds. The fraction of sp³-hybridized carbons (Fsp3) is 0.261. The number of aromatic nitrogens is 1. The van der Waals surface area contributed by atoms with E-state index in [9.17, 15) is 9.59 Å². The molecule has 32 heavy (non-hydrogen) atoms. The van der Waals surface area contributed by atoms with Crippen LogP contribution in [-0.4, -0.2) is 29.6 Å². The van der Waals surface area contributed by atoms with Crippen LogP contribution in [0.15, 0.2) is 66.9 Å². The number of para-hydroxylation sites is 1. The van der Waals surface area contributed by atoms with Crippen molar-refractivity contribution in [3.63, 3.8) is 0 Å². The van der Waals surface area contributed by atoms with E-state index in [1.807, 2.05) is 54.6 Å². The highest BCUT2D eigenvalue weighted by Crippen LogP contribution is 2.21. The van der Waals surface area contributed by atoms with Crippen molar-refractivity contribution in [3.8, 4) is 0 Å². The second-order valence-corrected chi connectivity index (χ2v) is 6.91. The molecule has 0 aliphatic heterocycles. The van der Waals surface area contributed by atoms with Gasteiger partial charge in [-0.2, -0.15) is 0 Å². The van der Waals surface area contributed by atoms with Crippen LogP contribution in [0.4, 0.5) is 10.5 Å². The molecule has 0 aliphatic carbocycles. The van der Waals surface area contributed by atoms with Crippen LogP contribution < -0.4 is 16.4 Å². The molecule has 0 saturated carbocycles. The number of nitrogens with two attached hydrogens (primary N) is 1. The monoisotopic (exact) mass is 478 g/mol. The van der Waals surface area contributed by atoms with Gasteiger partial charge in [-0.3, -0.25) is 9.78 Å². The lowest BCUT2D eigenvalue weighted by molar-refractivity contribution is -0.118. The molecule has 0 unspecified atom stereocenters. The van der Waals surface area contributed by atoms with Gasteiger partial charge in [0.05, 0.1) is 11.2 Å². The van der Waals surface area contributed by atoms with E-state index in [1.165, 1.54) is 0 Å². The summed E-state index contributed by atoms with van der Waals surface area (Å²) in [7, 11) is 0. The van der Waals surface area contributed by atoms with Gasteiger partial charge in [-0.25, -0.2) is 4.79 Å². The fourth-order valence-corrected chi connectivity index (χ4v) is 3.09. The minimum absolute atomic E-state index is 0. The Balaban J connectivity index is 0.00000256. The van der Waals surface area contributed by atoms with Crippen LogP contribution in [0.3, 0.4) is 0 Å². The second-order valence-electron chi connectivity index (χ2n) is 6.91. The summed E-state index contributed by atoms with van der Waals surface area (Å²) in [5.41, 5.74) is 7.74. The summed E-state index contributed by atoms with van der Waals surface area (Å²) >= 11 is 0.